The molecule has 2 aliphatic rings. The number of Topliss-reactive ketones (excluding diaryl/α,β-unsaturated/α-hetero) is 1. The lowest BCUT2D eigenvalue weighted by Crippen LogP contribution is -2.48. The Morgan fingerprint density at radius 2 is 2.22 bits per heavy atom. The summed E-state index contributed by atoms with van der Waals surface area (Å²) >= 11 is 1.90. The van der Waals surface area contributed by atoms with E-state index in [1.165, 1.54) is 11.3 Å². The van der Waals surface area contributed by atoms with Crippen molar-refractivity contribution in [1.29, 1.82) is 0 Å². The molecule has 96 valence electrons. The molecule has 0 amide bonds. The number of ketones is 1. The lowest BCUT2D eigenvalue weighted by atomic mass is 9.89. The SMILES string of the molecule is CCCN1CCCC2C(=O)c3ccccc3SC21. The fraction of sp³-hybridized carbons (Fsp3) is 0.533. The normalized spacial score (nSPS) is 27.7. The van der Waals surface area contributed by atoms with Crippen molar-refractivity contribution >= 4 is 17.5 Å². The Morgan fingerprint density at radius 3 is 3.06 bits per heavy atom. The maximum absolute atomic E-state index is 12.6. The topological polar surface area (TPSA) is 20.3 Å². The Balaban J connectivity index is 1.93. The number of hydrogen-bond acceptors (Lipinski definition) is 3. The summed E-state index contributed by atoms with van der Waals surface area (Å²) in [4.78, 5) is 16.2. The van der Waals surface area contributed by atoms with Crippen LogP contribution in [0.3, 0.4) is 0 Å². The highest BCUT2D eigenvalue weighted by molar-refractivity contribution is 8.00. The van der Waals surface area contributed by atoms with E-state index in [1.807, 2.05) is 30.0 Å². The minimum absolute atomic E-state index is 0.213. The highest BCUT2D eigenvalue weighted by Crippen LogP contribution is 2.43. The summed E-state index contributed by atoms with van der Waals surface area (Å²) in [7, 11) is 0. The van der Waals surface area contributed by atoms with Gasteiger partial charge in [0.2, 0.25) is 0 Å². The van der Waals surface area contributed by atoms with Crippen molar-refractivity contribution in [2.75, 3.05) is 13.1 Å². The average Bonchev–Trinajstić information content (AvgIpc) is 2.40. The lowest BCUT2D eigenvalue weighted by Gasteiger charge is -2.42. The largest absolute Gasteiger partial charge is 0.294 e. The van der Waals surface area contributed by atoms with Crippen molar-refractivity contribution in [2.45, 2.75) is 36.5 Å². The number of thioether (sulfide) groups is 1. The van der Waals surface area contributed by atoms with Gasteiger partial charge in [0, 0.05) is 16.4 Å². The molecule has 0 aliphatic carbocycles. The fourth-order valence-electron chi connectivity index (χ4n) is 3.08. The standard InChI is InChI=1S/C15H19NOS/c1-2-9-16-10-5-7-12-14(17)11-6-3-4-8-13(11)18-15(12)16/h3-4,6,8,12,15H,2,5,7,9-10H2,1H3. The van der Waals surface area contributed by atoms with Crippen LogP contribution in [0.1, 0.15) is 36.5 Å². The van der Waals surface area contributed by atoms with E-state index < -0.39 is 0 Å². The molecule has 0 bridgehead atoms. The molecule has 1 saturated heterocycles. The molecule has 2 aliphatic heterocycles. The van der Waals surface area contributed by atoms with Crippen LogP contribution < -0.4 is 0 Å². The van der Waals surface area contributed by atoms with E-state index in [1.54, 1.807) is 0 Å². The Hall–Kier alpha value is -0.800. The quantitative estimate of drug-likeness (QED) is 0.813. The highest BCUT2D eigenvalue weighted by atomic mass is 32.2. The van der Waals surface area contributed by atoms with Crippen LogP contribution >= 0.6 is 11.8 Å². The van der Waals surface area contributed by atoms with Gasteiger partial charge in [-0.05, 0) is 38.4 Å². The molecule has 0 radical (unpaired) electrons. The summed E-state index contributed by atoms with van der Waals surface area (Å²) < 4.78 is 0. The molecule has 0 saturated carbocycles. The number of likely N-dealkylation sites (tertiary alicyclic amines) is 1. The smallest absolute Gasteiger partial charge is 0.169 e. The van der Waals surface area contributed by atoms with Crippen molar-refractivity contribution in [1.82, 2.24) is 4.90 Å². The van der Waals surface area contributed by atoms with Crippen LogP contribution in [-0.4, -0.2) is 29.1 Å². The molecule has 0 spiro atoms. The number of nitrogens with zero attached hydrogens (tertiary/aromatic N) is 1. The highest BCUT2D eigenvalue weighted by Gasteiger charge is 2.40. The molecule has 0 aromatic heterocycles. The van der Waals surface area contributed by atoms with Crippen LogP contribution in [0.2, 0.25) is 0 Å². The molecule has 2 atom stereocenters. The molecule has 2 nitrogen and oxygen atoms in total. The van der Waals surface area contributed by atoms with Crippen molar-refractivity contribution in [3.8, 4) is 0 Å². The summed E-state index contributed by atoms with van der Waals surface area (Å²) in [6, 6.07) is 8.09. The van der Waals surface area contributed by atoms with Crippen LogP contribution in [0.5, 0.6) is 0 Å². The first-order chi connectivity index (χ1) is 8.81. The molecule has 3 heteroatoms. The Kier molecular flexibility index (Phi) is 3.44. The number of rotatable bonds is 2. The number of carbonyl (C=O) groups is 1. The molecule has 0 N–H and O–H groups in total. The van der Waals surface area contributed by atoms with Crippen molar-refractivity contribution < 1.29 is 4.79 Å². The number of fused-ring (bicyclic) bond motifs is 2. The third-order valence-corrected chi connectivity index (χ3v) is 5.39. The van der Waals surface area contributed by atoms with E-state index in [2.05, 4.69) is 17.9 Å². The third kappa shape index (κ3) is 1.99. The van der Waals surface area contributed by atoms with Gasteiger partial charge < -0.3 is 0 Å². The minimum Gasteiger partial charge on any atom is -0.294 e. The molecule has 1 aromatic carbocycles. The third-order valence-electron chi connectivity index (χ3n) is 3.91. The van der Waals surface area contributed by atoms with E-state index in [4.69, 9.17) is 0 Å². The van der Waals surface area contributed by atoms with Gasteiger partial charge in [0.05, 0.1) is 5.37 Å². The van der Waals surface area contributed by atoms with Gasteiger partial charge in [0.15, 0.2) is 5.78 Å². The van der Waals surface area contributed by atoms with Crippen LogP contribution in [0.15, 0.2) is 29.2 Å². The molecule has 2 heterocycles. The lowest BCUT2D eigenvalue weighted by molar-refractivity contribution is 0.0769. The van der Waals surface area contributed by atoms with Crippen molar-refractivity contribution in [3.05, 3.63) is 29.8 Å². The van der Waals surface area contributed by atoms with E-state index in [0.717, 1.165) is 31.5 Å². The van der Waals surface area contributed by atoms with Crippen LogP contribution in [0.25, 0.3) is 0 Å². The predicted molar refractivity (Wildman–Crippen MR) is 75.0 cm³/mol. The van der Waals surface area contributed by atoms with E-state index in [0.29, 0.717) is 11.2 Å². The van der Waals surface area contributed by atoms with Crippen LogP contribution in [0.4, 0.5) is 0 Å². The van der Waals surface area contributed by atoms with Gasteiger partial charge in [-0.2, -0.15) is 0 Å². The minimum atomic E-state index is 0.213. The second-order valence-corrected chi connectivity index (χ2v) is 6.31. The Morgan fingerprint density at radius 1 is 1.39 bits per heavy atom. The molecule has 1 fully saturated rings. The Bertz CT molecular complexity index is 458. The number of carbonyl (C=O) groups excluding carboxylic acids is 1. The zero-order chi connectivity index (χ0) is 12.5. The van der Waals surface area contributed by atoms with Gasteiger partial charge in [-0.3, -0.25) is 9.69 Å². The molecule has 18 heavy (non-hydrogen) atoms. The van der Waals surface area contributed by atoms with Gasteiger partial charge in [-0.25, -0.2) is 0 Å². The molecule has 2 unspecified atom stereocenters. The monoisotopic (exact) mass is 261 g/mol. The molecule has 1 aromatic rings. The summed E-state index contributed by atoms with van der Waals surface area (Å²) in [5.41, 5.74) is 0.946. The van der Waals surface area contributed by atoms with Gasteiger partial charge in [0.1, 0.15) is 0 Å². The van der Waals surface area contributed by atoms with Gasteiger partial charge >= 0.3 is 0 Å². The maximum Gasteiger partial charge on any atom is 0.169 e. The fourth-order valence-corrected chi connectivity index (χ4v) is 4.58. The van der Waals surface area contributed by atoms with Crippen molar-refractivity contribution in [2.24, 2.45) is 5.92 Å². The van der Waals surface area contributed by atoms with Crippen molar-refractivity contribution in [3.63, 3.8) is 0 Å². The number of hydrogen-bond donors (Lipinski definition) is 0. The maximum atomic E-state index is 12.6. The summed E-state index contributed by atoms with van der Waals surface area (Å²) in [5, 5.41) is 0.376. The summed E-state index contributed by atoms with van der Waals surface area (Å²) in [6.45, 7) is 4.48. The second kappa shape index (κ2) is 5.06. The van der Waals surface area contributed by atoms with E-state index in [-0.39, 0.29) is 5.92 Å². The predicted octanol–water partition coefficient (Wildman–Crippen LogP) is 3.42. The molecular weight excluding hydrogens is 242 g/mol. The summed E-state index contributed by atoms with van der Waals surface area (Å²) in [6.07, 6.45) is 3.39. The first-order valence-corrected chi connectivity index (χ1v) is 7.73. The van der Waals surface area contributed by atoms with E-state index in [9.17, 15) is 4.79 Å². The second-order valence-electron chi connectivity index (χ2n) is 5.15. The molecule has 3 rings (SSSR count). The molecular formula is C15H19NOS. The number of benzene rings is 1. The van der Waals surface area contributed by atoms with Crippen LogP contribution in [-0.2, 0) is 0 Å². The zero-order valence-corrected chi connectivity index (χ0v) is 11.6. The van der Waals surface area contributed by atoms with Gasteiger partial charge in [-0.15, -0.1) is 11.8 Å². The first kappa shape index (κ1) is 12.2. The zero-order valence-electron chi connectivity index (χ0n) is 10.8. The van der Waals surface area contributed by atoms with E-state index >= 15 is 0 Å². The van der Waals surface area contributed by atoms with Crippen LogP contribution in [0, 0.1) is 5.92 Å². The van der Waals surface area contributed by atoms with Gasteiger partial charge in [-0.1, -0.05) is 25.1 Å². The number of piperidine rings is 1. The Labute approximate surface area is 113 Å². The average molecular weight is 261 g/mol. The summed E-state index contributed by atoms with van der Waals surface area (Å²) in [5.74, 6) is 0.584. The van der Waals surface area contributed by atoms with Gasteiger partial charge in [0.25, 0.3) is 0 Å². The first-order valence-electron chi connectivity index (χ1n) is 6.85.